The van der Waals surface area contributed by atoms with Crippen LogP contribution in [0.15, 0.2) is 66.7 Å². The molecule has 35 heavy (non-hydrogen) atoms. The minimum Gasteiger partial charge on any atom is -0.406 e. The SMILES string of the molecule is O=C(Nc1ccc(N2CCOCC2)cc1)c1ccc(-c2nc3cc(OC(F)(F)F)ccc3[nH]2)cc1. The number of rotatable bonds is 5. The van der Waals surface area contributed by atoms with E-state index < -0.39 is 6.36 Å². The normalized spacial score (nSPS) is 14.2. The maximum absolute atomic E-state index is 12.7. The van der Waals surface area contributed by atoms with Gasteiger partial charge in [0, 0.05) is 41.7 Å². The molecule has 1 fully saturated rings. The number of carbonyl (C=O) groups is 1. The number of hydrogen-bond donors (Lipinski definition) is 2. The summed E-state index contributed by atoms with van der Waals surface area (Å²) in [6, 6.07) is 18.4. The molecular formula is C25H21F3N4O3. The summed E-state index contributed by atoms with van der Waals surface area (Å²) in [5.41, 5.74) is 3.82. The highest BCUT2D eigenvalue weighted by molar-refractivity contribution is 6.04. The van der Waals surface area contributed by atoms with Gasteiger partial charge in [0.2, 0.25) is 0 Å². The Kier molecular flexibility index (Phi) is 6.04. The molecule has 0 atom stereocenters. The third kappa shape index (κ3) is 5.38. The van der Waals surface area contributed by atoms with Gasteiger partial charge in [-0.2, -0.15) is 0 Å². The van der Waals surface area contributed by atoms with Crippen molar-refractivity contribution in [3.63, 3.8) is 0 Å². The van der Waals surface area contributed by atoms with E-state index in [2.05, 4.69) is 24.9 Å². The Labute approximate surface area is 198 Å². The third-order valence-corrected chi connectivity index (χ3v) is 5.61. The molecule has 0 radical (unpaired) electrons. The average Bonchev–Trinajstić information content (AvgIpc) is 3.28. The highest BCUT2D eigenvalue weighted by Gasteiger charge is 2.31. The number of aromatic amines is 1. The smallest absolute Gasteiger partial charge is 0.406 e. The van der Waals surface area contributed by atoms with Crippen LogP contribution in [0.1, 0.15) is 10.4 Å². The molecule has 2 N–H and O–H groups in total. The minimum absolute atomic E-state index is 0.255. The summed E-state index contributed by atoms with van der Waals surface area (Å²) >= 11 is 0. The summed E-state index contributed by atoms with van der Waals surface area (Å²) in [5.74, 6) is -0.128. The number of nitrogens with zero attached hydrogens (tertiary/aromatic N) is 2. The maximum Gasteiger partial charge on any atom is 0.573 e. The van der Waals surface area contributed by atoms with E-state index in [1.807, 2.05) is 24.3 Å². The van der Waals surface area contributed by atoms with E-state index >= 15 is 0 Å². The lowest BCUT2D eigenvalue weighted by atomic mass is 10.1. The van der Waals surface area contributed by atoms with Gasteiger partial charge in [0.15, 0.2) is 0 Å². The number of nitrogens with one attached hydrogen (secondary N) is 2. The van der Waals surface area contributed by atoms with Crippen LogP contribution >= 0.6 is 0 Å². The van der Waals surface area contributed by atoms with Gasteiger partial charge in [-0.1, -0.05) is 12.1 Å². The molecule has 180 valence electrons. The molecule has 0 unspecified atom stereocenters. The Balaban J connectivity index is 1.26. The molecule has 0 saturated carbocycles. The molecule has 1 aliphatic heterocycles. The van der Waals surface area contributed by atoms with Crippen LogP contribution in [-0.4, -0.2) is 48.5 Å². The molecule has 4 aromatic rings. The van der Waals surface area contributed by atoms with E-state index in [-0.39, 0.29) is 11.7 Å². The number of morpholine rings is 1. The minimum atomic E-state index is -4.77. The summed E-state index contributed by atoms with van der Waals surface area (Å²) in [7, 11) is 0. The van der Waals surface area contributed by atoms with Crippen molar-refractivity contribution in [1.82, 2.24) is 9.97 Å². The fraction of sp³-hybridized carbons (Fsp3) is 0.200. The number of alkyl halides is 3. The van der Waals surface area contributed by atoms with E-state index in [1.165, 1.54) is 18.2 Å². The molecule has 10 heteroatoms. The van der Waals surface area contributed by atoms with Crippen LogP contribution in [0.4, 0.5) is 24.5 Å². The molecule has 1 saturated heterocycles. The van der Waals surface area contributed by atoms with Crippen molar-refractivity contribution in [3.05, 3.63) is 72.3 Å². The van der Waals surface area contributed by atoms with Crippen molar-refractivity contribution >= 4 is 28.3 Å². The Morgan fingerprint density at radius 2 is 1.71 bits per heavy atom. The molecular weight excluding hydrogens is 461 g/mol. The largest absolute Gasteiger partial charge is 0.573 e. The molecule has 0 spiro atoms. The fourth-order valence-electron chi connectivity index (χ4n) is 3.88. The summed E-state index contributed by atoms with van der Waals surface area (Å²) < 4.78 is 46.7. The number of aromatic nitrogens is 2. The summed E-state index contributed by atoms with van der Waals surface area (Å²) in [6.45, 7) is 3.09. The zero-order valence-electron chi connectivity index (χ0n) is 18.4. The van der Waals surface area contributed by atoms with Crippen LogP contribution in [0.25, 0.3) is 22.4 Å². The van der Waals surface area contributed by atoms with Crippen LogP contribution in [0, 0.1) is 0 Å². The van der Waals surface area contributed by atoms with Crippen molar-refractivity contribution < 1.29 is 27.4 Å². The topological polar surface area (TPSA) is 79.5 Å². The number of H-pyrrole nitrogens is 1. The lowest BCUT2D eigenvalue weighted by molar-refractivity contribution is -0.274. The summed E-state index contributed by atoms with van der Waals surface area (Å²) in [4.78, 5) is 22.3. The van der Waals surface area contributed by atoms with Crippen molar-refractivity contribution in [1.29, 1.82) is 0 Å². The van der Waals surface area contributed by atoms with Gasteiger partial charge in [0.1, 0.15) is 11.6 Å². The Morgan fingerprint density at radius 3 is 2.40 bits per heavy atom. The number of carbonyl (C=O) groups excluding carboxylic acids is 1. The molecule has 0 aliphatic carbocycles. The monoisotopic (exact) mass is 482 g/mol. The van der Waals surface area contributed by atoms with E-state index in [4.69, 9.17) is 4.74 Å². The lowest BCUT2D eigenvalue weighted by Gasteiger charge is -2.28. The fourth-order valence-corrected chi connectivity index (χ4v) is 3.88. The van der Waals surface area contributed by atoms with Crippen LogP contribution in [0.5, 0.6) is 5.75 Å². The second kappa shape index (κ2) is 9.30. The number of fused-ring (bicyclic) bond motifs is 1. The first-order valence-electron chi connectivity index (χ1n) is 10.9. The first kappa shape index (κ1) is 22.7. The maximum atomic E-state index is 12.7. The average molecular weight is 482 g/mol. The first-order chi connectivity index (χ1) is 16.8. The molecule has 5 rings (SSSR count). The highest BCUT2D eigenvalue weighted by atomic mass is 19.4. The number of hydrogen-bond acceptors (Lipinski definition) is 5. The Hall–Kier alpha value is -4.05. The molecule has 1 aliphatic rings. The predicted octanol–water partition coefficient (Wildman–Crippen LogP) is 5.22. The van der Waals surface area contributed by atoms with Gasteiger partial charge < -0.3 is 24.7 Å². The van der Waals surface area contributed by atoms with E-state index in [1.54, 1.807) is 24.3 Å². The quantitative estimate of drug-likeness (QED) is 0.408. The van der Waals surface area contributed by atoms with Gasteiger partial charge >= 0.3 is 6.36 Å². The standard InChI is InChI=1S/C25H21F3N4O3/c26-25(27,28)35-20-9-10-21-22(15-20)31-23(30-21)16-1-3-17(4-2-16)24(33)29-18-5-7-19(8-6-18)32-11-13-34-14-12-32/h1-10,15H,11-14H2,(H,29,33)(H,30,31). The summed E-state index contributed by atoms with van der Waals surface area (Å²) in [5, 5.41) is 2.88. The van der Waals surface area contributed by atoms with Gasteiger partial charge in [0.05, 0.1) is 24.2 Å². The van der Waals surface area contributed by atoms with Crippen molar-refractivity contribution in [3.8, 4) is 17.1 Å². The van der Waals surface area contributed by atoms with Gasteiger partial charge in [0.25, 0.3) is 5.91 Å². The Morgan fingerprint density at radius 1 is 1.00 bits per heavy atom. The highest BCUT2D eigenvalue weighted by Crippen LogP contribution is 2.28. The van der Waals surface area contributed by atoms with Crippen molar-refractivity contribution in [2.24, 2.45) is 0 Å². The van der Waals surface area contributed by atoms with Gasteiger partial charge in [-0.05, 0) is 48.5 Å². The number of ether oxygens (including phenoxy) is 2. The number of benzene rings is 3. The second-order valence-electron chi connectivity index (χ2n) is 7.99. The van der Waals surface area contributed by atoms with E-state index in [0.29, 0.717) is 46.9 Å². The Bertz CT molecular complexity index is 1330. The molecule has 2 heterocycles. The van der Waals surface area contributed by atoms with Crippen LogP contribution < -0.4 is 15.0 Å². The number of halogens is 3. The summed E-state index contributed by atoms with van der Waals surface area (Å²) in [6.07, 6.45) is -4.77. The van der Waals surface area contributed by atoms with E-state index in [9.17, 15) is 18.0 Å². The van der Waals surface area contributed by atoms with Crippen LogP contribution in [-0.2, 0) is 4.74 Å². The number of amides is 1. The number of anilines is 2. The zero-order valence-corrected chi connectivity index (χ0v) is 18.4. The number of imidazole rings is 1. The molecule has 3 aromatic carbocycles. The third-order valence-electron chi connectivity index (χ3n) is 5.61. The van der Waals surface area contributed by atoms with Crippen LogP contribution in [0.3, 0.4) is 0 Å². The second-order valence-corrected chi connectivity index (χ2v) is 7.99. The molecule has 1 amide bonds. The van der Waals surface area contributed by atoms with Crippen molar-refractivity contribution in [2.45, 2.75) is 6.36 Å². The van der Waals surface area contributed by atoms with Gasteiger partial charge in [-0.3, -0.25) is 4.79 Å². The molecule has 7 nitrogen and oxygen atoms in total. The zero-order chi connectivity index (χ0) is 24.4. The first-order valence-corrected chi connectivity index (χ1v) is 10.9. The van der Waals surface area contributed by atoms with E-state index in [0.717, 1.165) is 18.8 Å². The lowest BCUT2D eigenvalue weighted by Crippen LogP contribution is -2.36. The van der Waals surface area contributed by atoms with Gasteiger partial charge in [-0.25, -0.2) is 4.98 Å². The molecule has 1 aromatic heterocycles. The van der Waals surface area contributed by atoms with Crippen LogP contribution in [0.2, 0.25) is 0 Å². The van der Waals surface area contributed by atoms with Gasteiger partial charge in [-0.15, -0.1) is 13.2 Å². The molecule has 0 bridgehead atoms. The predicted molar refractivity (Wildman–Crippen MR) is 126 cm³/mol. The van der Waals surface area contributed by atoms with Crippen molar-refractivity contribution in [2.75, 3.05) is 36.5 Å².